The molecule has 1 saturated heterocycles. The summed E-state index contributed by atoms with van der Waals surface area (Å²) < 4.78 is 10.8. The van der Waals surface area contributed by atoms with Crippen LogP contribution in [0.3, 0.4) is 0 Å². The summed E-state index contributed by atoms with van der Waals surface area (Å²) in [5, 5.41) is 9.10. The van der Waals surface area contributed by atoms with Gasteiger partial charge in [0.25, 0.3) is 0 Å². The van der Waals surface area contributed by atoms with Crippen LogP contribution in [0.15, 0.2) is 47.6 Å². The lowest BCUT2D eigenvalue weighted by Crippen LogP contribution is -2.46. The molecular formula is C24H26N4O4. The van der Waals surface area contributed by atoms with Gasteiger partial charge in [0.2, 0.25) is 12.7 Å². The van der Waals surface area contributed by atoms with Gasteiger partial charge in [-0.2, -0.15) is 5.10 Å². The molecule has 5 rings (SSSR count). The van der Waals surface area contributed by atoms with Gasteiger partial charge in [0, 0.05) is 13.0 Å². The zero-order valence-corrected chi connectivity index (χ0v) is 18.2. The lowest BCUT2D eigenvalue weighted by Gasteiger charge is -2.25. The Kier molecular flexibility index (Phi) is 5.20. The predicted molar refractivity (Wildman–Crippen MR) is 119 cm³/mol. The van der Waals surface area contributed by atoms with Gasteiger partial charge in [0.05, 0.1) is 24.3 Å². The smallest absolute Gasteiger partial charge is 0.338 e. The number of hydrogen-bond donors (Lipinski definition) is 1. The second kappa shape index (κ2) is 8.18. The molecule has 3 aliphatic rings. The summed E-state index contributed by atoms with van der Waals surface area (Å²) in [6.07, 6.45) is 1.38. The van der Waals surface area contributed by atoms with Gasteiger partial charge >= 0.3 is 6.03 Å². The fourth-order valence-corrected chi connectivity index (χ4v) is 4.36. The molecule has 3 amide bonds. The molecule has 8 nitrogen and oxygen atoms in total. The number of hydrazone groups is 1. The van der Waals surface area contributed by atoms with Gasteiger partial charge in [-0.1, -0.05) is 35.9 Å². The number of benzene rings is 2. The third-order valence-corrected chi connectivity index (χ3v) is 6.19. The van der Waals surface area contributed by atoms with E-state index in [1.54, 1.807) is 0 Å². The summed E-state index contributed by atoms with van der Waals surface area (Å²) in [6.45, 7) is 5.18. The number of aryl methyl sites for hydroxylation is 1. The summed E-state index contributed by atoms with van der Waals surface area (Å²) in [7, 11) is 0. The highest BCUT2D eigenvalue weighted by molar-refractivity contribution is 6.08. The Balaban J connectivity index is 1.35. The van der Waals surface area contributed by atoms with Crippen LogP contribution in [0.5, 0.6) is 11.5 Å². The fraction of sp³-hybridized carbons (Fsp3) is 0.375. The van der Waals surface area contributed by atoms with E-state index in [0.717, 1.165) is 28.8 Å². The van der Waals surface area contributed by atoms with Gasteiger partial charge in [-0.3, -0.25) is 4.79 Å². The number of carbonyl (C=O) groups is 2. The zero-order valence-electron chi connectivity index (χ0n) is 18.2. The minimum absolute atomic E-state index is 0.116. The minimum Gasteiger partial charge on any atom is -0.454 e. The number of hydrogen-bond acceptors (Lipinski definition) is 5. The molecule has 1 unspecified atom stereocenters. The number of fused-ring (bicyclic) bond motifs is 1. The van der Waals surface area contributed by atoms with E-state index in [-0.39, 0.29) is 30.8 Å². The van der Waals surface area contributed by atoms with Gasteiger partial charge in [-0.15, -0.1) is 0 Å². The highest BCUT2D eigenvalue weighted by Crippen LogP contribution is 2.34. The first-order chi connectivity index (χ1) is 15.5. The van der Waals surface area contributed by atoms with E-state index in [0.29, 0.717) is 31.0 Å². The van der Waals surface area contributed by atoms with E-state index in [1.165, 1.54) is 5.01 Å². The summed E-state index contributed by atoms with van der Waals surface area (Å²) in [4.78, 5) is 27.4. The molecule has 0 spiro atoms. The van der Waals surface area contributed by atoms with Crippen molar-refractivity contribution in [3.8, 4) is 11.5 Å². The number of ether oxygens (including phenoxy) is 2. The molecule has 0 radical (unpaired) electrons. The largest absolute Gasteiger partial charge is 0.454 e. The van der Waals surface area contributed by atoms with E-state index in [2.05, 4.69) is 10.4 Å². The van der Waals surface area contributed by atoms with Crippen molar-refractivity contribution >= 4 is 17.6 Å². The molecule has 0 aliphatic carbocycles. The van der Waals surface area contributed by atoms with Crippen molar-refractivity contribution in [3.05, 3.63) is 59.2 Å². The van der Waals surface area contributed by atoms with Crippen LogP contribution in [0.25, 0.3) is 0 Å². The van der Waals surface area contributed by atoms with Crippen LogP contribution in [0.4, 0.5) is 4.79 Å². The van der Waals surface area contributed by atoms with Crippen molar-refractivity contribution in [2.24, 2.45) is 5.10 Å². The lowest BCUT2D eigenvalue weighted by atomic mass is 10.0. The van der Waals surface area contributed by atoms with Crippen molar-refractivity contribution < 1.29 is 19.1 Å². The maximum absolute atomic E-state index is 13.1. The molecule has 166 valence electrons. The SMILES string of the molecule is Cc1ccc(C2=NN(C(=O)NC(C)c3ccc4c(c3)OCO4)C[C@@H]2N2CCCC2=O)cc1. The fourth-order valence-electron chi connectivity index (χ4n) is 4.36. The van der Waals surface area contributed by atoms with Crippen LogP contribution < -0.4 is 14.8 Å². The van der Waals surface area contributed by atoms with Crippen LogP contribution in [-0.2, 0) is 4.79 Å². The Labute approximate surface area is 186 Å². The third-order valence-electron chi connectivity index (χ3n) is 6.19. The second-order valence-electron chi connectivity index (χ2n) is 8.42. The Bertz CT molecular complexity index is 1080. The van der Waals surface area contributed by atoms with E-state index in [1.807, 2.05) is 61.2 Å². The van der Waals surface area contributed by atoms with Gasteiger partial charge in [-0.05, 0) is 43.5 Å². The normalized spacial score (nSPS) is 20.5. The van der Waals surface area contributed by atoms with Gasteiger partial charge in [0.1, 0.15) is 0 Å². The van der Waals surface area contributed by atoms with Gasteiger partial charge < -0.3 is 19.7 Å². The molecule has 0 saturated carbocycles. The zero-order chi connectivity index (χ0) is 22.2. The molecule has 2 aromatic rings. The minimum atomic E-state index is -0.297. The molecule has 1 N–H and O–H groups in total. The van der Waals surface area contributed by atoms with Crippen LogP contribution >= 0.6 is 0 Å². The Morgan fingerprint density at radius 3 is 2.69 bits per heavy atom. The number of carbonyl (C=O) groups excluding carboxylic acids is 2. The number of likely N-dealkylation sites (tertiary alicyclic amines) is 1. The summed E-state index contributed by atoms with van der Waals surface area (Å²) in [5.41, 5.74) is 3.75. The van der Waals surface area contributed by atoms with Crippen molar-refractivity contribution in [2.75, 3.05) is 19.9 Å². The van der Waals surface area contributed by atoms with E-state index in [4.69, 9.17) is 9.47 Å². The highest BCUT2D eigenvalue weighted by atomic mass is 16.7. The molecule has 1 fully saturated rings. The highest BCUT2D eigenvalue weighted by Gasteiger charge is 2.39. The number of amides is 3. The molecule has 32 heavy (non-hydrogen) atoms. The Hall–Kier alpha value is -3.55. The van der Waals surface area contributed by atoms with Gasteiger partial charge in [-0.25, -0.2) is 9.80 Å². The second-order valence-corrected chi connectivity index (χ2v) is 8.42. The Morgan fingerprint density at radius 2 is 1.94 bits per heavy atom. The number of urea groups is 1. The predicted octanol–water partition coefficient (Wildman–Crippen LogP) is 3.21. The van der Waals surface area contributed by atoms with E-state index in [9.17, 15) is 9.59 Å². The summed E-state index contributed by atoms with van der Waals surface area (Å²) >= 11 is 0. The molecule has 3 heterocycles. The lowest BCUT2D eigenvalue weighted by molar-refractivity contribution is -0.128. The first kappa shape index (κ1) is 20.4. The number of nitrogens with one attached hydrogen (secondary N) is 1. The quantitative estimate of drug-likeness (QED) is 0.801. The number of rotatable bonds is 4. The third kappa shape index (κ3) is 3.77. The molecular weight excluding hydrogens is 408 g/mol. The van der Waals surface area contributed by atoms with Crippen LogP contribution in [-0.4, -0.2) is 53.5 Å². The molecule has 8 heteroatoms. The molecule has 0 aromatic heterocycles. The van der Waals surface area contributed by atoms with Crippen molar-refractivity contribution in [3.63, 3.8) is 0 Å². The first-order valence-electron chi connectivity index (χ1n) is 10.9. The maximum Gasteiger partial charge on any atom is 0.338 e. The van der Waals surface area contributed by atoms with Crippen molar-refractivity contribution in [1.82, 2.24) is 15.2 Å². The summed E-state index contributed by atoms with van der Waals surface area (Å²) in [5.74, 6) is 1.50. The topological polar surface area (TPSA) is 83.5 Å². The Morgan fingerprint density at radius 1 is 1.16 bits per heavy atom. The molecule has 0 bridgehead atoms. The van der Waals surface area contributed by atoms with Gasteiger partial charge in [0.15, 0.2) is 11.5 Å². The maximum atomic E-state index is 13.1. The van der Waals surface area contributed by atoms with E-state index < -0.39 is 0 Å². The van der Waals surface area contributed by atoms with Crippen molar-refractivity contribution in [2.45, 2.75) is 38.8 Å². The monoisotopic (exact) mass is 434 g/mol. The first-order valence-corrected chi connectivity index (χ1v) is 10.9. The average molecular weight is 434 g/mol. The van der Waals surface area contributed by atoms with Crippen LogP contribution in [0.1, 0.15) is 42.5 Å². The molecule has 3 aliphatic heterocycles. The average Bonchev–Trinajstić information content (AvgIpc) is 3.52. The number of nitrogens with zero attached hydrogens (tertiary/aromatic N) is 3. The standard InChI is InChI=1S/C24H26N4O4/c1-15-5-7-17(8-6-15)23-19(27-11-3-4-22(27)29)13-28(26-23)24(30)25-16(2)18-9-10-20-21(12-18)32-14-31-20/h5-10,12,16,19H,3-4,11,13-14H2,1-2H3,(H,25,30)/t16?,19-/m0/s1. The molecule has 2 atom stereocenters. The van der Waals surface area contributed by atoms with Crippen molar-refractivity contribution in [1.29, 1.82) is 0 Å². The molecule has 2 aromatic carbocycles. The van der Waals surface area contributed by atoms with Crippen LogP contribution in [0.2, 0.25) is 0 Å². The van der Waals surface area contributed by atoms with E-state index >= 15 is 0 Å². The summed E-state index contributed by atoms with van der Waals surface area (Å²) in [6, 6.07) is 12.9. The van der Waals surface area contributed by atoms with Crippen LogP contribution in [0, 0.1) is 6.92 Å².